The molecule has 4 heteroatoms. The minimum absolute atomic E-state index is 0.0226. The number of carbonyl (C=O) groups excluding carboxylic acids is 2. The van der Waals surface area contributed by atoms with Crippen molar-refractivity contribution in [1.82, 2.24) is 4.90 Å². The van der Waals surface area contributed by atoms with E-state index < -0.39 is 0 Å². The maximum Gasteiger partial charge on any atom is 0.285 e. The molecule has 0 saturated carbocycles. The van der Waals surface area contributed by atoms with Gasteiger partial charge in [-0.1, -0.05) is 12.1 Å². The summed E-state index contributed by atoms with van der Waals surface area (Å²) in [6, 6.07) is 7.02. The van der Waals surface area contributed by atoms with Crippen LogP contribution in [0.2, 0.25) is 0 Å². The fourth-order valence-electron chi connectivity index (χ4n) is 0.950. The fraction of sp³-hybridized carbons (Fsp3) is 0.273. The van der Waals surface area contributed by atoms with Crippen LogP contribution >= 0.6 is 11.8 Å². The molecule has 3 nitrogen and oxygen atoms in total. The number of nitrogens with zero attached hydrogens (tertiary/aromatic N) is 1. The van der Waals surface area contributed by atoms with Crippen LogP contribution in [0.5, 0.6) is 0 Å². The molecule has 0 heterocycles. The predicted octanol–water partition coefficient (Wildman–Crippen LogP) is 2.66. The van der Waals surface area contributed by atoms with Crippen LogP contribution in [0.4, 0.5) is 4.79 Å². The van der Waals surface area contributed by atoms with Crippen molar-refractivity contribution in [3.8, 4) is 0 Å². The van der Waals surface area contributed by atoms with Crippen molar-refractivity contribution >= 4 is 22.8 Å². The summed E-state index contributed by atoms with van der Waals surface area (Å²) in [4.78, 5) is 24.7. The molecule has 15 heavy (non-hydrogen) atoms. The van der Waals surface area contributed by atoms with Crippen LogP contribution in [0.3, 0.4) is 0 Å². The number of benzene rings is 1. The van der Waals surface area contributed by atoms with E-state index in [4.69, 9.17) is 0 Å². The SMILES string of the molecule is CC(=O)c1ccc(SC(=O)N(C)C)cc1. The van der Waals surface area contributed by atoms with E-state index >= 15 is 0 Å². The third-order valence-corrected chi connectivity index (χ3v) is 2.88. The lowest BCUT2D eigenvalue weighted by atomic mass is 10.2. The summed E-state index contributed by atoms with van der Waals surface area (Å²) < 4.78 is 0. The number of thioether (sulfide) groups is 1. The van der Waals surface area contributed by atoms with E-state index in [1.165, 1.54) is 11.8 Å². The molecule has 0 N–H and O–H groups in total. The highest BCUT2D eigenvalue weighted by Crippen LogP contribution is 2.20. The number of rotatable bonds is 2. The standard InChI is InChI=1S/C11H13NO2S/c1-8(13)9-4-6-10(7-5-9)15-11(14)12(2)3/h4-7H,1-3H3. The van der Waals surface area contributed by atoms with E-state index in [0.29, 0.717) is 5.56 Å². The highest BCUT2D eigenvalue weighted by atomic mass is 32.2. The van der Waals surface area contributed by atoms with E-state index in [0.717, 1.165) is 16.7 Å². The Labute approximate surface area is 93.5 Å². The normalized spacial score (nSPS) is 9.80. The molecule has 0 saturated heterocycles. The second-order valence-electron chi connectivity index (χ2n) is 3.34. The molecule has 0 unspecified atom stereocenters. The summed E-state index contributed by atoms with van der Waals surface area (Å²) in [7, 11) is 3.42. The first-order chi connectivity index (χ1) is 7.00. The Kier molecular flexibility index (Phi) is 3.91. The van der Waals surface area contributed by atoms with Gasteiger partial charge in [0.1, 0.15) is 0 Å². The van der Waals surface area contributed by atoms with Crippen molar-refractivity contribution in [2.24, 2.45) is 0 Å². The molecule has 1 rings (SSSR count). The van der Waals surface area contributed by atoms with Crippen molar-refractivity contribution < 1.29 is 9.59 Å². The first-order valence-electron chi connectivity index (χ1n) is 4.51. The summed E-state index contributed by atoms with van der Waals surface area (Å²) in [5.41, 5.74) is 0.664. The van der Waals surface area contributed by atoms with Gasteiger partial charge in [0.05, 0.1) is 0 Å². The highest BCUT2D eigenvalue weighted by Gasteiger charge is 2.06. The molecular formula is C11H13NO2S. The largest absolute Gasteiger partial charge is 0.339 e. The lowest BCUT2D eigenvalue weighted by Crippen LogP contribution is -2.15. The first kappa shape index (κ1) is 11.8. The van der Waals surface area contributed by atoms with E-state index in [1.807, 2.05) is 0 Å². The predicted molar refractivity (Wildman–Crippen MR) is 61.4 cm³/mol. The molecule has 0 spiro atoms. The van der Waals surface area contributed by atoms with Crippen LogP contribution in [0.1, 0.15) is 17.3 Å². The van der Waals surface area contributed by atoms with Gasteiger partial charge in [-0.3, -0.25) is 9.59 Å². The zero-order valence-electron chi connectivity index (χ0n) is 8.98. The number of amides is 1. The minimum atomic E-state index is -0.0226. The van der Waals surface area contributed by atoms with Crippen molar-refractivity contribution in [3.63, 3.8) is 0 Å². The van der Waals surface area contributed by atoms with Crippen molar-refractivity contribution in [3.05, 3.63) is 29.8 Å². The molecule has 1 amide bonds. The summed E-state index contributed by atoms with van der Waals surface area (Å²) in [6.07, 6.45) is 0. The lowest BCUT2D eigenvalue weighted by Gasteiger charge is -2.08. The van der Waals surface area contributed by atoms with Crippen LogP contribution in [-0.4, -0.2) is 30.0 Å². The second-order valence-corrected chi connectivity index (χ2v) is 4.37. The number of Topliss-reactive ketones (excluding diaryl/α,β-unsaturated/α-hetero) is 1. The fourth-order valence-corrected chi connectivity index (χ4v) is 1.61. The Balaban J connectivity index is 2.73. The zero-order chi connectivity index (χ0) is 11.4. The van der Waals surface area contributed by atoms with Gasteiger partial charge in [-0.05, 0) is 30.8 Å². The average Bonchev–Trinajstić information content (AvgIpc) is 2.18. The van der Waals surface area contributed by atoms with Crippen molar-refractivity contribution in [2.75, 3.05) is 14.1 Å². The quantitative estimate of drug-likeness (QED) is 0.571. The summed E-state index contributed by atoms with van der Waals surface area (Å²) in [5, 5.41) is -0.0226. The molecular weight excluding hydrogens is 210 g/mol. The summed E-state index contributed by atoms with van der Waals surface area (Å²) in [5.74, 6) is 0.0329. The average molecular weight is 223 g/mol. The smallest absolute Gasteiger partial charge is 0.285 e. The minimum Gasteiger partial charge on any atom is -0.339 e. The van der Waals surface area contributed by atoms with Crippen LogP contribution in [0.25, 0.3) is 0 Å². The van der Waals surface area contributed by atoms with Gasteiger partial charge in [-0.25, -0.2) is 0 Å². The number of carbonyl (C=O) groups is 2. The van der Waals surface area contributed by atoms with E-state index in [-0.39, 0.29) is 11.0 Å². The number of hydrogen-bond donors (Lipinski definition) is 0. The van der Waals surface area contributed by atoms with Gasteiger partial charge >= 0.3 is 0 Å². The molecule has 0 bridgehead atoms. The van der Waals surface area contributed by atoms with Gasteiger partial charge in [0.25, 0.3) is 5.24 Å². The molecule has 0 atom stereocenters. The van der Waals surface area contributed by atoms with Gasteiger partial charge in [-0.15, -0.1) is 0 Å². The first-order valence-corrected chi connectivity index (χ1v) is 5.32. The maximum absolute atomic E-state index is 11.4. The molecule has 0 radical (unpaired) electrons. The van der Waals surface area contributed by atoms with Crippen LogP contribution in [-0.2, 0) is 0 Å². The number of ketones is 1. The molecule has 1 aromatic rings. The molecule has 0 aliphatic heterocycles. The Morgan fingerprint density at radius 2 is 1.67 bits per heavy atom. The molecule has 1 aromatic carbocycles. The van der Waals surface area contributed by atoms with Gasteiger partial charge in [0.15, 0.2) is 5.78 Å². The molecule has 80 valence electrons. The molecule has 0 aliphatic carbocycles. The van der Waals surface area contributed by atoms with Crippen LogP contribution in [0, 0.1) is 0 Å². The van der Waals surface area contributed by atoms with Gasteiger partial charge in [-0.2, -0.15) is 0 Å². The van der Waals surface area contributed by atoms with Crippen LogP contribution in [0.15, 0.2) is 29.2 Å². The Morgan fingerprint density at radius 3 is 2.07 bits per heavy atom. The van der Waals surface area contributed by atoms with Gasteiger partial charge in [0, 0.05) is 24.6 Å². The maximum atomic E-state index is 11.4. The summed E-state index contributed by atoms with van der Waals surface area (Å²) in [6.45, 7) is 1.52. The Hall–Kier alpha value is -1.29. The monoisotopic (exact) mass is 223 g/mol. The van der Waals surface area contributed by atoms with Crippen molar-refractivity contribution in [1.29, 1.82) is 0 Å². The molecule has 0 aromatic heterocycles. The van der Waals surface area contributed by atoms with E-state index in [9.17, 15) is 9.59 Å². The Morgan fingerprint density at radius 1 is 1.13 bits per heavy atom. The van der Waals surface area contributed by atoms with Gasteiger partial charge < -0.3 is 4.90 Å². The second kappa shape index (κ2) is 4.98. The van der Waals surface area contributed by atoms with Crippen LogP contribution < -0.4 is 0 Å². The number of hydrogen-bond acceptors (Lipinski definition) is 3. The summed E-state index contributed by atoms with van der Waals surface area (Å²) >= 11 is 1.15. The van der Waals surface area contributed by atoms with Crippen molar-refractivity contribution in [2.45, 2.75) is 11.8 Å². The highest BCUT2D eigenvalue weighted by molar-refractivity contribution is 8.13. The van der Waals surface area contributed by atoms with E-state index in [1.54, 1.807) is 38.4 Å². The van der Waals surface area contributed by atoms with Gasteiger partial charge in [0.2, 0.25) is 0 Å². The Bertz CT molecular complexity index is 371. The third kappa shape index (κ3) is 3.40. The molecule has 0 aliphatic rings. The molecule has 0 fully saturated rings. The zero-order valence-corrected chi connectivity index (χ0v) is 9.80. The van der Waals surface area contributed by atoms with E-state index in [2.05, 4.69) is 0 Å². The lowest BCUT2D eigenvalue weighted by molar-refractivity contribution is 0.101. The topological polar surface area (TPSA) is 37.4 Å². The third-order valence-electron chi connectivity index (χ3n) is 1.83.